The van der Waals surface area contributed by atoms with E-state index in [1.807, 2.05) is 79.7 Å². The minimum absolute atomic E-state index is 0.244. The summed E-state index contributed by atoms with van der Waals surface area (Å²) in [5.74, 6) is 0.913. The molecule has 0 spiro atoms. The molecule has 1 amide bonds. The second-order valence-electron chi connectivity index (χ2n) is 7.45. The standard InChI is InChI=1S/C24H22N2O3/c1-16-12-13-21-20(14-16)26-22(28-21)17-8-7-9-18(15-17)25-23(27)24(2,3)29-19-10-5-4-6-11-19/h4-15H,1-3H3,(H,25,27). The minimum atomic E-state index is -1.04. The molecule has 3 aromatic carbocycles. The summed E-state index contributed by atoms with van der Waals surface area (Å²) < 4.78 is 11.7. The average molecular weight is 386 g/mol. The van der Waals surface area contributed by atoms with Gasteiger partial charge in [-0.25, -0.2) is 4.98 Å². The maximum absolute atomic E-state index is 12.8. The molecular formula is C24H22N2O3. The summed E-state index contributed by atoms with van der Waals surface area (Å²) >= 11 is 0. The summed E-state index contributed by atoms with van der Waals surface area (Å²) in [5.41, 5.74) is 3.07. The largest absolute Gasteiger partial charge is 0.478 e. The number of oxazole rings is 1. The first-order valence-electron chi connectivity index (χ1n) is 9.44. The maximum Gasteiger partial charge on any atom is 0.267 e. The van der Waals surface area contributed by atoms with Crippen LogP contribution in [0, 0.1) is 6.92 Å². The number of ether oxygens (including phenoxy) is 1. The van der Waals surface area contributed by atoms with Crippen LogP contribution in [0.2, 0.25) is 0 Å². The molecule has 1 aromatic heterocycles. The molecule has 0 saturated carbocycles. The van der Waals surface area contributed by atoms with Gasteiger partial charge in [-0.2, -0.15) is 0 Å². The highest BCUT2D eigenvalue weighted by Crippen LogP contribution is 2.27. The molecule has 0 aliphatic rings. The van der Waals surface area contributed by atoms with Crippen molar-refractivity contribution in [1.82, 2.24) is 4.98 Å². The van der Waals surface area contributed by atoms with Crippen molar-refractivity contribution < 1.29 is 13.9 Å². The van der Waals surface area contributed by atoms with Gasteiger partial charge < -0.3 is 14.5 Å². The van der Waals surface area contributed by atoms with Gasteiger partial charge in [0, 0.05) is 11.3 Å². The monoisotopic (exact) mass is 386 g/mol. The number of aryl methyl sites for hydroxylation is 1. The molecule has 0 radical (unpaired) electrons. The van der Waals surface area contributed by atoms with E-state index in [0.717, 1.165) is 22.2 Å². The Hall–Kier alpha value is -3.60. The topological polar surface area (TPSA) is 64.4 Å². The van der Waals surface area contributed by atoms with Gasteiger partial charge in [-0.3, -0.25) is 4.79 Å². The second kappa shape index (κ2) is 7.43. The fourth-order valence-corrected chi connectivity index (χ4v) is 3.00. The van der Waals surface area contributed by atoms with Gasteiger partial charge in [-0.05, 0) is 68.8 Å². The van der Waals surface area contributed by atoms with Crippen LogP contribution >= 0.6 is 0 Å². The number of rotatable bonds is 5. The number of benzene rings is 3. The Labute approximate surface area is 169 Å². The van der Waals surface area contributed by atoms with E-state index < -0.39 is 5.60 Å². The Morgan fingerprint density at radius 2 is 1.79 bits per heavy atom. The van der Waals surface area contributed by atoms with Gasteiger partial charge in [0.2, 0.25) is 5.89 Å². The lowest BCUT2D eigenvalue weighted by atomic mass is 10.1. The summed E-state index contributed by atoms with van der Waals surface area (Å²) in [6.45, 7) is 5.49. The normalized spacial score (nSPS) is 11.4. The van der Waals surface area contributed by atoms with Crippen molar-refractivity contribution in [2.45, 2.75) is 26.4 Å². The third kappa shape index (κ3) is 4.14. The molecule has 5 nitrogen and oxygen atoms in total. The molecule has 0 unspecified atom stereocenters. The zero-order valence-corrected chi connectivity index (χ0v) is 16.6. The van der Waals surface area contributed by atoms with Crippen molar-refractivity contribution in [3.63, 3.8) is 0 Å². The molecule has 0 aliphatic carbocycles. The SMILES string of the molecule is Cc1ccc2oc(-c3cccc(NC(=O)C(C)(C)Oc4ccccc4)c3)nc2c1. The van der Waals surface area contributed by atoms with Crippen LogP contribution in [-0.2, 0) is 4.79 Å². The van der Waals surface area contributed by atoms with Gasteiger partial charge in [0.25, 0.3) is 5.91 Å². The zero-order chi connectivity index (χ0) is 20.4. The number of anilines is 1. The summed E-state index contributed by atoms with van der Waals surface area (Å²) in [4.78, 5) is 17.4. The van der Waals surface area contributed by atoms with Crippen molar-refractivity contribution in [3.8, 4) is 17.2 Å². The van der Waals surface area contributed by atoms with E-state index in [9.17, 15) is 4.79 Å². The van der Waals surface area contributed by atoms with Crippen molar-refractivity contribution in [2.24, 2.45) is 0 Å². The van der Waals surface area contributed by atoms with E-state index in [4.69, 9.17) is 9.15 Å². The number of amides is 1. The number of carbonyl (C=O) groups excluding carboxylic acids is 1. The van der Waals surface area contributed by atoms with Gasteiger partial charge in [0.15, 0.2) is 11.2 Å². The maximum atomic E-state index is 12.8. The predicted molar refractivity (Wildman–Crippen MR) is 114 cm³/mol. The number of nitrogens with zero attached hydrogens (tertiary/aromatic N) is 1. The molecule has 0 saturated heterocycles. The van der Waals surface area contributed by atoms with E-state index in [2.05, 4.69) is 10.3 Å². The van der Waals surface area contributed by atoms with Crippen LogP contribution in [-0.4, -0.2) is 16.5 Å². The smallest absolute Gasteiger partial charge is 0.267 e. The summed E-state index contributed by atoms with van der Waals surface area (Å²) in [6, 6.07) is 22.6. The van der Waals surface area contributed by atoms with Gasteiger partial charge in [-0.1, -0.05) is 30.3 Å². The van der Waals surface area contributed by atoms with Crippen LogP contribution in [0.25, 0.3) is 22.6 Å². The molecule has 29 heavy (non-hydrogen) atoms. The molecule has 0 fully saturated rings. The lowest BCUT2D eigenvalue weighted by Gasteiger charge is -2.25. The Morgan fingerprint density at radius 1 is 1.00 bits per heavy atom. The Balaban J connectivity index is 1.54. The van der Waals surface area contributed by atoms with Gasteiger partial charge >= 0.3 is 0 Å². The fraction of sp³-hybridized carbons (Fsp3) is 0.167. The van der Waals surface area contributed by atoms with Gasteiger partial charge in [-0.15, -0.1) is 0 Å². The van der Waals surface area contributed by atoms with Crippen molar-refractivity contribution >= 4 is 22.7 Å². The zero-order valence-electron chi connectivity index (χ0n) is 16.6. The number of fused-ring (bicyclic) bond motifs is 1. The van der Waals surface area contributed by atoms with Crippen molar-refractivity contribution in [2.75, 3.05) is 5.32 Å². The highest BCUT2D eigenvalue weighted by atomic mass is 16.5. The van der Waals surface area contributed by atoms with Crippen LogP contribution in [0.4, 0.5) is 5.69 Å². The van der Waals surface area contributed by atoms with Crippen LogP contribution in [0.5, 0.6) is 5.75 Å². The third-order valence-electron chi connectivity index (χ3n) is 4.57. The molecule has 146 valence electrons. The molecule has 4 aromatic rings. The van der Waals surface area contributed by atoms with Crippen LogP contribution in [0.3, 0.4) is 0 Å². The Morgan fingerprint density at radius 3 is 2.59 bits per heavy atom. The van der Waals surface area contributed by atoms with E-state index in [-0.39, 0.29) is 5.91 Å². The predicted octanol–water partition coefficient (Wildman–Crippen LogP) is 5.60. The molecule has 5 heteroatoms. The van der Waals surface area contributed by atoms with Crippen LogP contribution in [0.1, 0.15) is 19.4 Å². The Kier molecular flexibility index (Phi) is 4.80. The second-order valence-corrected chi connectivity index (χ2v) is 7.45. The summed E-state index contributed by atoms with van der Waals surface area (Å²) in [7, 11) is 0. The first-order valence-corrected chi connectivity index (χ1v) is 9.44. The lowest BCUT2D eigenvalue weighted by molar-refractivity contribution is -0.128. The average Bonchev–Trinajstić information content (AvgIpc) is 3.12. The first kappa shape index (κ1) is 18.7. The molecule has 1 N–H and O–H groups in total. The molecule has 0 atom stereocenters. The Bertz CT molecular complexity index is 1160. The number of carbonyl (C=O) groups is 1. The summed E-state index contributed by atoms with van der Waals surface area (Å²) in [5, 5.41) is 2.92. The molecule has 4 rings (SSSR count). The lowest BCUT2D eigenvalue weighted by Crippen LogP contribution is -2.42. The highest BCUT2D eigenvalue weighted by molar-refractivity contribution is 5.97. The van der Waals surface area contributed by atoms with Crippen molar-refractivity contribution in [3.05, 3.63) is 78.4 Å². The minimum Gasteiger partial charge on any atom is -0.478 e. The number of hydrogen-bond donors (Lipinski definition) is 1. The first-order chi connectivity index (χ1) is 13.9. The number of hydrogen-bond acceptors (Lipinski definition) is 4. The molecular weight excluding hydrogens is 364 g/mol. The molecule has 0 bridgehead atoms. The molecule has 1 heterocycles. The van der Waals surface area contributed by atoms with E-state index >= 15 is 0 Å². The van der Waals surface area contributed by atoms with Gasteiger partial charge in [0.05, 0.1) is 0 Å². The van der Waals surface area contributed by atoms with Crippen LogP contribution < -0.4 is 10.1 Å². The summed E-state index contributed by atoms with van der Waals surface area (Å²) in [6.07, 6.45) is 0. The number of nitrogens with one attached hydrogen (secondary N) is 1. The molecule has 0 aliphatic heterocycles. The van der Waals surface area contributed by atoms with E-state index in [1.165, 1.54) is 0 Å². The fourth-order valence-electron chi connectivity index (χ4n) is 3.00. The third-order valence-corrected chi connectivity index (χ3v) is 4.57. The number of para-hydroxylation sites is 1. The van der Waals surface area contributed by atoms with E-state index in [0.29, 0.717) is 17.3 Å². The number of aromatic nitrogens is 1. The van der Waals surface area contributed by atoms with E-state index in [1.54, 1.807) is 13.8 Å². The van der Waals surface area contributed by atoms with Crippen molar-refractivity contribution in [1.29, 1.82) is 0 Å². The quantitative estimate of drug-likeness (QED) is 0.485. The van der Waals surface area contributed by atoms with Gasteiger partial charge in [0.1, 0.15) is 11.3 Å². The van der Waals surface area contributed by atoms with Crippen LogP contribution in [0.15, 0.2) is 77.2 Å². The highest BCUT2D eigenvalue weighted by Gasteiger charge is 2.30.